The van der Waals surface area contributed by atoms with Gasteiger partial charge in [-0.3, -0.25) is 4.90 Å². The van der Waals surface area contributed by atoms with Crippen LogP contribution in [-0.2, 0) is 6.54 Å². The predicted octanol–water partition coefficient (Wildman–Crippen LogP) is 2.74. The summed E-state index contributed by atoms with van der Waals surface area (Å²) in [7, 11) is 1.67. The Morgan fingerprint density at radius 2 is 1.87 bits per heavy atom. The summed E-state index contributed by atoms with van der Waals surface area (Å²) in [6.07, 6.45) is 0.517. The molecule has 0 spiro atoms. The third-order valence-electron chi connectivity index (χ3n) is 4.36. The first kappa shape index (κ1) is 15.8. The van der Waals surface area contributed by atoms with Crippen molar-refractivity contribution in [2.75, 3.05) is 25.5 Å². The number of para-hydroxylation sites is 2. The summed E-state index contributed by atoms with van der Waals surface area (Å²) in [4.78, 5) is 2.31. The highest BCUT2D eigenvalue weighted by Gasteiger charge is 2.28. The van der Waals surface area contributed by atoms with Crippen LogP contribution in [0, 0.1) is 0 Å². The molecule has 2 atom stereocenters. The molecule has 2 aromatic carbocycles. The summed E-state index contributed by atoms with van der Waals surface area (Å²) in [5, 5.41) is 13.9. The number of rotatable bonds is 5. The van der Waals surface area contributed by atoms with Crippen molar-refractivity contribution in [1.29, 1.82) is 0 Å². The molecule has 0 amide bonds. The van der Waals surface area contributed by atoms with Crippen LogP contribution >= 0.6 is 0 Å². The fourth-order valence-electron chi connectivity index (χ4n) is 3.11. The van der Waals surface area contributed by atoms with Gasteiger partial charge in [0.25, 0.3) is 0 Å². The normalized spacial score (nSPS) is 21.8. The van der Waals surface area contributed by atoms with E-state index in [1.54, 1.807) is 7.11 Å². The van der Waals surface area contributed by atoms with Gasteiger partial charge in [-0.1, -0.05) is 42.5 Å². The molecule has 4 heteroatoms. The standard InChI is InChI=1S/C19H24N2O2/c1-23-19-10-6-5-9-17(19)20-16-11-12-21(14-18(16)22)13-15-7-3-2-4-8-15/h2-10,16,18,20,22H,11-14H2,1H3/t16?,18-/m1/s1. The number of aliphatic hydroxyl groups excluding tert-OH is 1. The topological polar surface area (TPSA) is 44.7 Å². The highest BCUT2D eigenvalue weighted by Crippen LogP contribution is 2.26. The first-order chi connectivity index (χ1) is 11.3. The summed E-state index contributed by atoms with van der Waals surface area (Å²) in [5.41, 5.74) is 2.23. The van der Waals surface area contributed by atoms with Gasteiger partial charge < -0.3 is 15.2 Å². The predicted molar refractivity (Wildman–Crippen MR) is 92.7 cm³/mol. The Morgan fingerprint density at radius 3 is 2.61 bits per heavy atom. The van der Waals surface area contributed by atoms with E-state index in [-0.39, 0.29) is 6.04 Å². The molecule has 1 aliphatic rings. The Bertz CT molecular complexity index is 618. The Kier molecular flexibility index (Phi) is 5.16. The summed E-state index contributed by atoms with van der Waals surface area (Å²) in [6.45, 7) is 2.54. The van der Waals surface area contributed by atoms with Crippen LogP contribution in [0.1, 0.15) is 12.0 Å². The number of likely N-dealkylation sites (tertiary alicyclic amines) is 1. The van der Waals surface area contributed by atoms with E-state index < -0.39 is 6.10 Å². The highest BCUT2D eigenvalue weighted by molar-refractivity contribution is 5.56. The molecule has 2 aromatic rings. The molecule has 1 unspecified atom stereocenters. The second-order valence-electron chi connectivity index (χ2n) is 6.03. The van der Waals surface area contributed by atoms with Crippen molar-refractivity contribution in [2.24, 2.45) is 0 Å². The lowest BCUT2D eigenvalue weighted by molar-refractivity contribution is 0.0561. The van der Waals surface area contributed by atoms with E-state index >= 15 is 0 Å². The molecule has 23 heavy (non-hydrogen) atoms. The van der Waals surface area contributed by atoms with Gasteiger partial charge in [-0.2, -0.15) is 0 Å². The lowest BCUT2D eigenvalue weighted by atomic mass is 10.0. The molecule has 1 fully saturated rings. The van der Waals surface area contributed by atoms with Gasteiger partial charge in [0.15, 0.2) is 0 Å². The maximum absolute atomic E-state index is 10.5. The van der Waals surface area contributed by atoms with Gasteiger partial charge in [0.1, 0.15) is 5.75 Å². The Balaban J connectivity index is 1.58. The number of β-amino-alcohol motifs (C(OH)–C–C–N with tert-alkyl or cyclic N) is 1. The monoisotopic (exact) mass is 312 g/mol. The van der Waals surface area contributed by atoms with Crippen molar-refractivity contribution in [3.63, 3.8) is 0 Å². The number of nitrogens with zero attached hydrogens (tertiary/aromatic N) is 1. The van der Waals surface area contributed by atoms with Gasteiger partial charge >= 0.3 is 0 Å². The van der Waals surface area contributed by atoms with Gasteiger partial charge in [-0.15, -0.1) is 0 Å². The second kappa shape index (κ2) is 7.49. The molecule has 0 aromatic heterocycles. The zero-order chi connectivity index (χ0) is 16.1. The molecule has 2 N–H and O–H groups in total. The van der Waals surface area contributed by atoms with Crippen molar-refractivity contribution in [3.8, 4) is 5.75 Å². The van der Waals surface area contributed by atoms with Crippen LogP contribution in [0.15, 0.2) is 54.6 Å². The van der Waals surface area contributed by atoms with Crippen molar-refractivity contribution in [2.45, 2.75) is 25.1 Å². The van der Waals surface area contributed by atoms with Crippen LogP contribution in [0.3, 0.4) is 0 Å². The van der Waals surface area contributed by atoms with E-state index in [1.807, 2.05) is 30.3 Å². The number of benzene rings is 2. The van der Waals surface area contributed by atoms with Gasteiger partial charge in [-0.05, 0) is 24.1 Å². The van der Waals surface area contributed by atoms with E-state index in [1.165, 1.54) is 5.56 Å². The molecule has 0 bridgehead atoms. The molecule has 3 rings (SSSR count). The number of nitrogens with one attached hydrogen (secondary N) is 1. The molecular weight excluding hydrogens is 288 g/mol. The maximum atomic E-state index is 10.5. The van der Waals surface area contributed by atoms with Gasteiger partial charge in [0.2, 0.25) is 0 Å². The average Bonchev–Trinajstić information content (AvgIpc) is 2.59. The molecule has 1 heterocycles. The van der Waals surface area contributed by atoms with Gasteiger partial charge in [0, 0.05) is 19.6 Å². The Labute approximate surface area is 137 Å². The fourth-order valence-corrected chi connectivity index (χ4v) is 3.11. The summed E-state index contributed by atoms with van der Waals surface area (Å²) >= 11 is 0. The molecule has 1 saturated heterocycles. The summed E-state index contributed by atoms with van der Waals surface area (Å²) in [5.74, 6) is 0.811. The molecule has 1 aliphatic heterocycles. The largest absolute Gasteiger partial charge is 0.495 e. The number of ether oxygens (including phenoxy) is 1. The van der Waals surface area contributed by atoms with Gasteiger partial charge in [-0.25, -0.2) is 0 Å². The van der Waals surface area contributed by atoms with Crippen LogP contribution in [0.2, 0.25) is 0 Å². The van der Waals surface area contributed by atoms with Crippen molar-refractivity contribution < 1.29 is 9.84 Å². The van der Waals surface area contributed by atoms with Crippen LogP contribution < -0.4 is 10.1 Å². The summed E-state index contributed by atoms with van der Waals surface area (Å²) < 4.78 is 5.37. The first-order valence-electron chi connectivity index (χ1n) is 8.10. The number of methoxy groups -OCH3 is 1. The fraction of sp³-hybridized carbons (Fsp3) is 0.368. The van der Waals surface area contributed by atoms with Gasteiger partial charge in [0.05, 0.1) is 24.9 Å². The first-order valence-corrected chi connectivity index (χ1v) is 8.10. The molecule has 122 valence electrons. The average molecular weight is 312 g/mol. The molecular formula is C19H24N2O2. The number of hydrogen-bond donors (Lipinski definition) is 2. The molecule has 0 aliphatic carbocycles. The molecule has 0 radical (unpaired) electrons. The lowest BCUT2D eigenvalue weighted by Gasteiger charge is -2.37. The third-order valence-corrected chi connectivity index (χ3v) is 4.36. The Morgan fingerprint density at radius 1 is 1.13 bits per heavy atom. The quantitative estimate of drug-likeness (QED) is 0.891. The van der Waals surface area contributed by atoms with E-state index in [4.69, 9.17) is 4.74 Å². The van der Waals surface area contributed by atoms with Crippen LogP contribution in [0.5, 0.6) is 5.75 Å². The smallest absolute Gasteiger partial charge is 0.141 e. The third kappa shape index (κ3) is 4.03. The minimum absolute atomic E-state index is 0.0540. The van der Waals surface area contributed by atoms with Crippen LogP contribution in [0.25, 0.3) is 0 Å². The SMILES string of the molecule is COc1ccccc1NC1CCN(Cc2ccccc2)C[C@H]1O. The number of piperidine rings is 1. The van der Waals surface area contributed by atoms with Crippen molar-refractivity contribution in [1.82, 2.24) is 4.90 Å². The minimum atomic E-state index is -0.391. The van der Waals surface area contributed by atoms with E-state index in [0.29, 0.717) is 6.54 Å². The van der Waals surface area contributed by atoms with Crippen LogP contribution in [0.4, 0.5) is 5.69 Å². The summed E-state index contributed by atoms with van der Waals surface area (Å²) in [6, 6.07) is 18.3. The lowest BCUT2D eigenvalue weighted by Crippen LogP contribution is -2.49. The number of anilines is 1. The van der Waals surface area contributed by atoms with E-state index in [2.05, 4.69) is 34.5 Å². The minimum Gasteiger partial charge on any atom is -0.495 e. The highest BCUT2D eigenvalue weighted by atomic mass is 16.5. The van der Waals surface area contributed by atoms with E-state index in [0.717, 1.165) is 30.9 Å². The molecule has 0 saturated carbocycles. The second-order valence-corrected chi connectivity index (χ2v) is 6.03. The maximum Gasteiger partial charge on any atom is 0.141 e. The zero-order valence-electron chi connectivity index (χ0n) is 13.5. The number of aliphatic hydroxyl groups is 1. The zero-order valence-corrected chi connectivity index (χ0v) is 13.5. The molecule has 4 nitrogen and oxygen atoms in total. The van der Waals surface area contributed by atoms with Crippen LogP contribution in [-0.4, -0.2) is 42.4 Å². The Hall–Kier alpha value is -2.04. The number of hydrogen-bond acceptors (Lipinski definition) is 4. The van der Waals surface area contributed by atoms with E-state index in [9.17, 15) is 5.11 Å². The van der Waals surface area contributed by atoms with Crippen molar-refractivity contribution in [3.05, 3.63) is 60.2 Å². The van der Waals surface area contributed by atoms with Crippen molar-refractivity contribution >= 4 is 5.69 Å².